The van der Waals surface area contributed by atoms with E-state index in [1.54, 1.807) is 48.5 Å². The highest BCUT2D eigenvalue weighted by molar-refractivity contribution is 6.03. The Balaban J connectivity index is 1.69. The Kier molecular flexibility index (Phi) is 4.87. The van der Waals surface area contributed by atoms with Crippen molar-refractivity contribution in [3.63, 3.8) is 0 Å². The van der Waals surface area contributed by atoms with E-state index in [-0.39, 0.29) is 11.7 Å². The fourth-order valence-electron chi connectivity index (χ4n) is 3.42. The Morgan fingerprint density at radius 2 is 1.59 bits per heavy atom. The summed E-state index contributed by atoms with van der Waals surface area (Å²) in [5.74, 6) is -0.725. The molecule has 2 N–H and O–H groups in total. The van der Waals surface area contributed by atoms with E-state index in [1.165, 1.54) is 17.1 Å². The number of hydrazine groups is 1. The molecule has 4 rings (SSSR count). The van der Waals surface area contributed by atoms with Crippen molar-refractivity contribution >= 4 is 23.3 Å². The molecule has 3 amide bonds. The van der Waals surface area contributed by atoms with Gasteiger partial charge in [-0.2, -0.15) is 0 Å². The van der Waals surface area contributed by atoms with E-state index in [9.17, 15) is 14.0 Å². The van der Waals surface area contributed by atoms with Crippen molar-refractivity contribution in [3.8, 4) is 0 Å². The van der Waals surface area contributed by atoms with Crippen LogP contribution in [0, 0.1) is 5.82 Å². The zero-order chi connectivity index (χ0) is 20.4. The first kappa shape index (κ1) is 18.5. The second-order valence-corrected chi connectivity index (χ2v) is 6.66. The summed E-state index contributed by atoms with van der Waals surface area (Å²) in [6.45, 7) is 0. The number of urea groups is 1. The summed E-state index contributed by atoms with van der Waals surface area (Å²) in [5, 5.41) is 3.97. The van der Waals surface area contributed by atoms with Crippen LogP contribution in [0.1, 0.15) is 22.1 Å². The molecule has 6 nitrogen and oxygen atoms in total. The van der Waals surface area contributed by atoms with Gasteiger partial charge < -0.3 is 10.2 Å². The molecule has 0 fully saturated rings. The summed E-state index contributed by atoms with van der Waals surface area (Å²) in [6, 6.07) is 21.4. The summed E-state index contributed by atoms with van der Waals surface area (Å²) in [4.78, 5) is 27.6. The zero-order valence-electron chi connectivity index (χ0n) is 15.7. The Labute approximate surface area is 167 Å². The van der Waals surface area contributed by atoms with Gasteiger partial charge in [0, 0.05) is 12.7 Å². The monoisotopic (exact) mass is 390 g/mol. The number of carbonyl (C=O) groups excluding carboxylic acids is 2. The maximum atomic E-state index is 13.4. The Morgan fingerprint density at radius 1 is 0.931 bits per heavy atom. The molecule has 0 saturated heterocycles. The van der Waals surface area contributed by atoms with Crippen molar-refractivity contribution < 1.29 is 14.0 Å². The molecule has 146 valence electrons. The molecule has 29 heavy (non-hydrogen) atoms. The van der Waals surface area contributed by atoms with Crippen molar-refractivity contribution in [2.45, 2.75) is 6.17 Å². The van der Waals surface area contributed by atoms with Crippen LogP contribution < -0.4 is 15.6 Å². The fraction of sp³-hybridized carbons (Fsp3) is 0.0909. The van der Waals surface area contributed by atoms with Crippen molar-refractivity contribution in [1.29, 1.82) is 0 Å². The van der Waals surface area contributed by atoms with E-state index in [0.29, 0.717) is 16.8 Å². The summed E-state index contributed by atoms with van der Waals surface area (Å²) < 4.78 is 13.4. The normalized spacial score (nSPS) is 15.7. The van der Waals surface area contributed by atoms with Crippen LogP contribution in [0.3, 0.4) is 0 Å². The Morgan fingerprint density at radius 3 is 2.31 bits per heavy atom. The topological polar surface area (TPSA) is 64.7 Å². The number of halogens is 1. The van der Waals surface area contributed by atoms with Gasteiger partial charge in [-0.25, -0.2) is 19.6 Å². The number of amides is 3. The van der Waals surface area contributed by atoms with Crippen LogP contribution in [0.15, 0.2) is 78.9 Å². The highest BCUT2D eigenvalue weighted by atomic mass is 19.1. The standard InChI is InChI=1S/C22H19FN4O2/c1-26-19-10-6-5-9-18(19)21(28)27(20(26)15-11-13-16(23)14-12-15)25-22(29)24-17-7-3-2-4-8-17/h2-14,20H,1H3,(H2,24,25,29). The van der Waals surface area contributed by atoms with Crippen molar-refractivity contribution in [3.05, 3.63) is 95.8 Å². The van der Waals surface area contributed by atoms with Gasteiger partial charge in [-0.3, -0.25) is 4.79 Å². The molecule has 0 saturated carbocycles. The summed E-state index contributed by atoms with van der Waals surface area (Å²) in [6.07, 6.45) is -0.639. The molecule has 1 atom stereocenters. The molecule has 1 heterocycles. The number of nitrogens with zero attached hydrogens (tertiary/aromatic N) is 2. The molecular formula is C22H19FN4O2. The number of anilines is 2. The molecule has 3 aromatic carbocycles. The minimum absolute atomic E-state index is 0.351. The van der Waals surface area contributed by atoms with Gasteiger partial charge in [0.25, 0.3) is 5.91 Å². The van der Waals surface area contributed by atoms with Gasteiger partial charge in [0.15, 0.2) is 6.17 Å². The highest BCUT2D eigenvalue weighted by Crippen LogP contribution is 2.36. The van der Waals surface area contributed by atoms with Crippen LogP contribution in [-0.2, 0) is 0 Å². The predicted octanol–water partition coefficient (Wildman–Crippen LogP) is 4.15. The van der Waals surface area contributed by atoms with Crippen LogP contribution >= 0.6 is 0 Å². The lowest BCUT2D eigenvalue weighted by atomic mass is 10.0. The quantitative estimate of drug-likeness (QED) is 0.706. The second-order valence-electron chi connectivity index (χ2n) is 6.66. The van der Waals surface area contributed by atoms with E-state index < -0.39 is 12.2 Å². The molecular weight excluding hydrogens is 371 g/mol. The van der Waals surface area contributed by atoms with Crippen molar-refractivity contribution in [1.82, 2.24) is 10.4 Å². The van der Waals surface area contributed by atoms with Crippen LogP contribution in [0.2, 0.25) is 0 Å². The Hall–Kier alpha value is -3.87. The molecule has 0 bridgehead atoms. The molecule has 1 unspecified atom stereocenters. The minimum Gasteiger partial charge on any atom is -0.348 e. The van der Waals surface area contributed by atoms with E-state index in [4.69, 9.17) is 0 Å². The number of nitrogens with one attached hydrogen (secondary N) is 2. The highest BCUT2D eigenvalue weighted by Gasteiger charge is 2.38. The third-order valence-electron chi connectivity index (χ3n) is 4.77. The fourth-order valence-corrected chi connectivity index (χ4v) is 3.42. The molecule has 0 aliphatic carbocycles. The predicted molar refractivity (Wildman–Crippen MR) is 109 cm³/mol. The number of hydrogen-bond acceptors (Lipinski definition) is 3. The van der Waals surface area contributed by atoms with Gasteiger partial charge in [-0.05, 0) is 42.0 Å². The first-order chi connectivity index (χ1) is 14.0. The summed E-state index contributed by atoms with van der Waals surface area (Å²) in [5.41, 5.74) is 5.11. The SMILES string of the molecule is CN1c2ccccc2C(=O)N(NC(=O)Nc2ccccc2)C1c1ccc(F)cc1. The first-order valence-electron chi connectivity index (χ1n) is 9.08. The number of rotatable bonds is 3. The number of carbonyl (C=O) groups is 2. The molecule has 0 aromatic heterocycles. The molecule has 0 radical (unpaired) electrons. The number of fused-ring (bicyclic) bond motifs is 1. The lowest BCUT2D eigenvalue weighted by molar-refractivity contribution is 0.0557. The number of para-hydroxylation sites is 2. The van der Waals surface area contributed by atoms with Gasteiger partial charge in [0.1, 0.15) is 5.82 Å². The average Bonchev–Trinajstić information content (AvgIpc) is 2.74. The first-order valence-corrected chi connectivity index (χ1v) is 9.08. The molecule has 3 aromatic rings. The van der Waals surface area contributed by atoms with Crippen LogP contribution in [0.4, 0.5) is 20.6 Å². The van der Waals surface area contributed by atoms with Gasteiger partial charge in [0.05, 0.1) is 11.3 Å². The number of benzene rings is 3. The van der Waals surface area contributed by atoms with Gasteiger partial charge >= 0.3 is 6.03 Å². The lowest BCUT2D eigenvalue weighted by Gasteiger charge is -2.43. The lowest BCUT2D eigenvalue weighted by Crippen LogP contribution is -2.56. The minimum atomic E-state index is -0.639. The second kappa shape index (κ2) is 7.63. The van der Waals surface area contributed by atoms with Crippen LogP contribution in [0.5, 0.6) is 0 Å². The van der Waals surface area contributed by atoms with Gasteiger partial charge in [0.2, 0.25) is 0 Å². The van der Waals surface area contributed by atoms with Gasteiger partial charge in [-0.15, -0.1) is 0 Å². The Bertz CT molecular complexity index is 1040. The van der Waals surface area contributed by atoms with Crippen molar-refractivity contribution in [2.24, 2.45) is 0 Å². The third-order valence-corrected chi connectivity index (χ3v) is 4.77. The number of hydrogen-bond donors (Lipinski definition) is 2. The average molecular weight is 390 g/mol. The molecule has 0 spiro atoms. The summed E-state index contributed by atoms with van der Waals surface area (Å²) >= 11 is 0. The van der Waals surface area contributed by atoms with Gasteiger partial charge in [-0.1, -0.05) is 42.5 Å². The van der Waals surface area contributed by atoms with E-state index >= 15 is 0 Å². The van der Waals surface area contributed by atoms with Crippen molar-refractivity contribution in [2.75, 3.05) is 17.3 Å². The largest absolute Gasteiger partial charge is 0.348 e. The van der Waals surface area contributed by atoms with Crippen LogP contribution in [-0.4, -0.2) is 24.0 Å². The summed E-state index contributed by atoms with van der Waals surface area (Å²) in [7, 11) is 1.82. The van der Waals surface area contributed by atoms with E-state index in [0.717, 1.165) is 5.69 Å². The van der Waals surface area contributed by atoms with Crippen LogP contribution in [0.25, 0.3) is 0 Å². The maximum absolute atomic E-state index is 13.4. The van der Waals surface area contributed by atoms with E-state index in [2.05, 4.69) is 10.7 Å². The third kappa shape index (κ3) is 3.62. The van der Waals surface area contributed by atoms with E-state index in [1.807, 2.05) is 30.1 Å². The zero-order valence-corrected chi connectivity index (χ0v) is 15.7. The maximum Gasteiger partial charge on any atom is 0.338 e. The molecule has 7 heteroatoms. The molecule has 1 aliphatic rings. The smallest absolute Gasteiger partial charge is 0.338 e. The molecule has 1 aliphatic heterocycles.